The van der Waals surface area contributed by atoms with Gasteiger partial charge in [0.1, 0.15) is 0 Å². The van der Waals surface area contributed by atoms with E-state index in [9.17, 15) is 0 Å². The van der Waals surface area contributed by atoms with Crippen LogP contribution < -0.4 is 0 Å². The summed E-state index contributed by atoms with van der Waals surface area (Å²) in [6.07, 6.45) is 5.63. The van der Waals surface area contributed by atoms with Crippen molar-refractivity contribution in [1.29, 1.82) is 0 Å². The second-order valence-electron chi connectivity index (χ2n) is 4.92. The quantitative estimate of drug-likeness (QED) is 0.707. The van der Waals surface area contributed by atoms with Crippen LogP contribution in [0, 0.1) is 0 Å². The standard InChI is InChI=1S/C17H17N/c1-3-8-15(9-4-1)14-18-17(12-7-13-17)16-10-5-2-6-11-16/h1-6,8-11,14H,7,12-13H2. The predicted molar refractivity (Wildman–Crippen MR) is 76.0 cm³/mol. The SMILES string of the molecule is C(=NC1(c2ccccc2)CCC1)c1ccccc1. The van der Waals surface area contributed by atoms with Crippen molar-refractivity contribution in [2.75, 3.05) is 0 Å². The Morgan fingerprint density at radius 2 is 1.44 bits per heavy atom. The maximum absolute atomic E-state index is 4.88. The van der Waals surface area contributed by atoms with Crippen LogP contribution in [-0.4, -0.2) is 6.21 Å². The Morgan fingerprint density at radius 1 is 0.833 bits per heavy atom. The van der Waals surface area contributed by atoms with Crippen LogP contribution in [0.3, 0.4) is 0 Å². The monoisotopic (exact) mass is 235 g/mol. The van der Waals surface area contributed by atoms with Gasteiger partial charge in [-0.25, -0.2) is 0 Å². The van der Waals surface area contributed by atoms with Crippen molar-refractivity contribution in [3.8, 4) is 0 Å². The van der Waals surface area contributed by atoms with E-state index in [2.05, 4.69) is 54.6 Å². The van der Waals surface area contributed by atoms with Crippen LogP contribution in [0.25, 0.3) is 0 Å². The lowest BCUT2D eigenvalue weighted by atomic mass is 9.72. The minimum absolute atomic E-state index is 0.0388. The van der Waals surface area contributed by atoms with Gasteiger partial charge in [-0.15, -0.1) is 0 Å². The molecule has 1 aliphatic carbocycles. The molecule has 1 aliphatic rings. The summed E-state index contributed by atoms with van der Waals surface area (Å²) < 4.78 is 0. The highest BCUT2D eigenvalue weighted by Gasteiger charge is 2.37. The smallest absolute Gasteiger partial charge is 0.0856 e. The van der Waals surface area contributed by atoms with Crippen molar-refractivity contribution >= 4 is 6.21 Å². The van der Waals surface area contributed by atoms with E-state index in [1.807, 2.05) is 12.3 Å². The maximum atomic E-state index is 4.88. The van der Waals surface area contributed by atoms with Gasteiger partial charge < -0.3 is 0 Å². The highest BCUT2D eigenvalue weighted by molar-refractivity contribution is 5.80. The summed E-state index contributed by atoms with van der Waals surface area (Å²) in [7, 11) is 0. The topological polar surface area (TPSA) is 12.4 Å². The van der Waals surface area contributed by atoms with Crippen LogP contribution >= 0.6 is 0 Å². The molecule has 0 amide bonds. The summed E-state index contributed by atoms with van der Waals surface area (Å²) in [6, 6.07) is 21.0. The molecular weight excluding hydrogens is 218 g/mol. The van der Waals surface area contributed by atoms with Gasteiger partial charge in [0.25, 0.3) is 0 Å². The van der Waals surface area contributed by atoms with Crippen LogP contribution in [0.1, 0.15) is 30.4 Å². The molecule has 1 saturated carbocycles. The molecule has 18 heavy (non-hydrogen) atoms. The Balaban J connectivity index is 1.88. The van der Waals surface area contributed by atoms with Gasteiger partial charge >= 0.3 is 0 Å². The minimum Gasteiger partial charge on any atom is -0.281 e. The highest BCUT2D eigenvalue weighted by atomic mass is 14.9. The molecule has 2 aromatic carbocycles. The van der Waals surface area contributed by atoms with Crippen LogP contribution in [0.15, 0.2) is 65.7 Å². The van der Waals surface area contributed by atoms with Gasteiger partial charge in [0.15, 0.2) is 0 Å². The highest BCUT2D eigenvalue weighted by Crippen LogP contribution is 2.44. The van der Waals surface area contributed by atoms with E-state index in [0.29, 0.717) is 0 Å². The number of benzene rings is 2. The van der Waals surface area contributed by atoms with Crippen molar-refractivity contribution in [2.24, 2.45) is 4.99 Å². The lowest BCUT2D eigenvalue weighted by molar-refractivity contribution is 0.258. The summed E-state index contributed by atoms with van der Waals surface area (Å²) >= 11 is 0. The fraction of sp³-hybridized carbons (Fsp3) is 0.235. The van der Waals surface area contributed by atoms with Crippen molar-refractivity contribution in [2.45, 2.75) is 24.8 Å². The number of rotatable bonds is 3. The van der Waals surface area contributed by atoms with E-state index in [1.54, 1.807) is 0 Å². The lowest BCUT2D eigenvalue weighted by Crippen LogP contribution is -2.32. The Bertz CT molecular complexity index is 524. The van der Waals surface area contributed by atoms with Gasteiger partial charge in [0, 0.05) is 6.21 Å². The zero-order chi connectivity index (χ0) is 12.3. The molecule has 1 nitrogen and oxygen atoms in total. The molecule has 0 radical (unpaired) electrons. The first kappa shape index (κ1) is 11.2. The van der Waals surface area contributed by atoms with Crippen LogP contribution in [0.5, 0.6) is 0 Å². The second kappa shape index (κ2) is 4.77. The third kappa shape index (κ3) is 2.08. The second-order valence-corrected chi connectivity index (χ2v) is 4.92. The lowest BCUT2D eigenvalue weighted by Gasteiger charge is -2.38. The van der Waals surface area contributed by atoms with E-state index < -0.39 is 0 Å². The van der Waals surface area contributed by atoms with Gasteiger partial charge in [0.2, 0.25) is 0 Å². The summed E-state index contributed by atoms with van der Waals surface area (Å²) in [5.74, 6) is 0. The van der Waals surface area contributed by atoms with Crippen molar-refractivity contribution < 1.29 is 0 Å². The zero-order valence-electron chi connectivity index (χ0n) is 10.4. The summed E-state index contributed by atoms with van der Waals surface area (Å²) in [5.41, 5.74) is 2.57. The van der Waals surface area contributed by atoms with Crippen molar-refractivity contribution in [3.05, 3.63) is 71.8 Å². The van der Waals surface area contributed by atoms with Gasteiger partial charge in [0.05, 0.1) is 5.54 Å². The largest absolute Gasteiger partial charge is 0.281 e. The molecule has 0 aromatic heterocycles. The minimum atomic E-state index is 0.0388. The van der Waals surface area contributed by atoms with Gasteiger partial charge in [-0.05, 0) is 30.4 Å². The first-order valence-electron chi connectivity index (χ1n) is 6.55. The van der Waals surface area contributed by atoms with Crippen LogP contribution in [0.4, 0.5) is 0 Å². The average molecular weight is 235 g/mol. The zero-order valence-corrected chi connectivity index (χ0v) is 10.4. The average Bonchev–Trinajstić information content (AvgIpc) is 2.40. The Labute approximate surface area is 108 Å². The van der Waals surface area contributed by atoms with E-state index in [-0.39, 0.29) is 5.54 Å². The number of aliphatic imine (C=N–C) groups is 1. The predicted octanol–water partition coefficient (Wildman–Crippen LogP) is 4.18. The molecule has 2 aromatic rings. The molecule has 0 spiro atoms. The Morgan fingerprint density at radius 3 is 2.00 bits per heavy atom. The van der Waals surface area contributed by atoms with E-state index in [4.69, 9.17) is 4.99 Å². The summed E-state index contributed by atoms with van der Waals surface area (Å²) in [5, 5.41) is 0. The molecule has 90 valence electrons. The van der Waals surface area contributed by atoms with Crippen molar-refractivity contribution in [3.63, 3.8) is 0 Å². The molecule has 1 heteroatoms. The molecule has 0 aliphatic heterocycles. The van der Waals surface area contributed by atoms with Gasteiger partial charge in [-0.1, -0.05) is 60.7 Å². The van der Waals surface area contributed by atoms with Crippen molar-refractivity contribution in [1.82, 2.24) is 0 Å². The fourth-order valence-corrected chi connectivity index (χ4v) is 2.49. The third-order valence-electron chi connectivity index (χ3n) is 3.75. The fourth-order valence-electron chi connectivity index (χ4n) is 2.49. The van der Waals surface area contributed by atoms with Crippen LogP contribution in [-0.2, 0) is 5.54 Å². The molecule has 0 unspecified atom stereocenters. The molecule has 0 atom stereocenters. The summed E-state index contributed by atoms with van der Waals surface area (Å²) in [6.45, 7) is 0. The van der Waals surface area contributed by atoms with Crippen LogP contribution in [0.2, 0.25) is 0 Å². The van der Waals surface area contributed by atoms with Gasteiger partial charge in [-0.2, -0.15) is 0 Å². The van der Waals surface area contributed by atoms with E-state index >= 15 is 0 Å². The Hall–Kier alpha value is -1.89. The maximum Gasteiger partial charge on any atom is 0.0856 e. The normalized spacial score (nSPS) is 17.6. The Kier molecular flexibility index (Phi) is 2.97. The third-order valence-corrected chi connectivity index (χ3v) is 3.75. The van der Waals surface area contributed by atoms with E-state index in [1.165, 1.54) is 30.4 Å². The van der Waals surface area contributed by atoms with E-state index in [0.717, 1.165) is 0 Å². The molecular formula is C17H17N. The number of hydrogen-bond acceptors (Lipinski definition) is 1. The number of nitrogens with zero attached hydrogens (tertiary/aromatic N) is 1. The first-order valence-corrected chi connectivity index (χ1v) is 6.55. The molecule has 1 fully saturated rings. The first-order chi connectivity index (χ1) is 8.89. The summed E-state index contributed by atoms with van der Waals surface area (Å²) in [4.78, 5) is 4.88. The molecule has 0 bridgehead atoms. The number of hydrogen-bond donors (Lipinski definition) is 0. The molecule has 3 rings (SSSR count). The molecule has 0 saturated heterocycles. The van der Waals surface area contributed by atoms with Gasteiger partial charge in [-0.3, -0.25) is 4.99 Å². The molecule has 0 heterocycles. The molecule has 0 N–H and O–H groups in total.